The van der Waals surface area contributed by atoms with E-state index in [0.29, 0.717) is 0 Å². The Morgan fingerprint density at radius 1 is 0.628 bits per heavy atom. The van der Waals surface area contributed by atoms with Gasteiger partial charge in [-0.1, -0.05) is 193 Å². The molecule has 0 radical (unpaired) electrons. The minimum absolute atomic E-state index is 0.0506. The number of benzene rings is 5. The van der Waals surface area contributed by atoms with Crippen LogP contribution in [0.4, 0.5) is 0 Å². The van der Waals surface area contributed by atoms with Crippen LogP contribution < -0.4 is 21.0 Å². The molecule has 1 aliphatic carbocycles. The quantitative estimate of drug-likeness (QED) is 0.0979. The van der Waals surface area contributed by atoms with Gasteiger partial charge in [-0.15, -0.1) is 0 Å². The van der Waals surface area contributed by atoms with Gasteiger partial charge in [-0.25, -0.2) is 29.9 Å². The first-order chi connectivity index (χ1) is 45.6. The Morgan fingerprint density at radius 3 is 2.09 bits per heavy atom. The summed E-state index contributed by atoms with van der Waals surface area (Å²) in [6.45, 7) is 37.8. The third kappa shape index (κ3) is 9.70. The molecule has 1 unspecified atom stereocenters. The maximum absolute atomic E-state index is 5.91. The third-order valence-corrected chi connectivity index (χ3v) is 19.9. The summed E-state index contributed by atoms with van der Waals surface area (Å²) in [5.74, 6) is -0.0506. The molecule has 0 fully saturated rings. The van der Waals surface area contributed by atoms with Crippen LogP contribution in [0.1, 0.15) is 144 Å². The number of unbranched alkanes of at least 4 members (excludes halogenated alkanes) is 1. The number of rotatable bonds is 6. The number of nitrogens with zero attached hydrogens (tertiary/aromatic N) is 6. The zero-order valence-electron chi connectivity index (χ0n) is 56.5. The molecule has 2 N–H and O–H groups in total. The summed E-state index contributed by atoms with van der Waals surface area (Å²) in [5, 5.41) is 8.76. The second-order valence-electron chi connectivity index (χ2n) is 25.7. The van der Waals surface area contributed by atoms with Gasteiger partial charge in [0.05, 0.1) is 83.5 Å². The standard InChI is InChI=1S/C82H70N8.C4H10/c1-14-23-51(24-15-2)67-71-45(8)54(17-4)75(85-71)53(16-3)43(6)32-35-58-46(9)69-62(37-39-65(83-69)60-29-21-27-56-48(11)72(67)87-77(56)60)81-79(58)89-80-59-36-33-44(7)55-34-31-42(5)41-64-50(13)74(86-76(55)64)68(52-25-19-18-20-26-52)73-49(12)57-28-22-30-61(78(57)88-73)66-40-38-63(82(80)90-81)70(84-66)47(59)10;1-3-4-2/h14,16-30,32-41,43,85,88H,4,7,15,31H2,1-3,5-6,8-13H3;3-4H2,1-2H3/b23-14-,35-32-,36-33?,51-24+,53-16-,72-67-,74-68?;. The van der Waals surface area contributed by atoms with Crippen molar-refractivity contribution in [3.63, 3.8) is 0 Å². The van der Waals surface area contributed by atoms with Crippen LogP contribution in [-0.2, 0) is 0 Å². The van der Waals surface area contributed by atoms with Gasteiger partial charge in [-0.3, -0.25) is 0 Å². The molecule has 0 saturated carbocycles. The third-order valence-electron chi connectivity index (χ3n) is 19.9. The highest BCUT2D eigenvalue weighted by molar-refractivity contribution is 6.19. The summed E-state index contributed by atoms with van der Waals surface area (Å²) in [4.78, 5) is 42.6. The van der Waals surface area contributed by atoms with Crippen molar-refractivity contribution in [2.75, 3.05) is 0 Å². The van der Waals surface area contributed by atoms with Crippen LogP contribution in [0.2, 0.25) is 0 Å². The normalized spacial score (nSPS) is 16.6. The summed E-state index contributed by atoms with van der Waals surface area (Å²) in [6.07, 6.45) is 24.4. The molecule has 5 aromatic carbocycles. The summed E-state index contributed by atoms with van der Waals surface area (Å²) >= 11 is 0. The fourth-order valence-electron chi connectivity index (χ4n) is 14.7. The van der Waals surface area contributed by atoms with Crippen LogP contribution >= 0.6 is 0 Å². The van der Waals surface area contributed by atoms with Crippen molar-refractivity contribution in [2.45, 2.75) is 116 Å². The average molecular weight is 1230 g/mol. The molecule has 3 aliphatic heterocycles. The Hall–Kier alpha value is -10.4. The number of hydrogen-bond donors (Lipinski definition) is 2. The van der Waals surface area contributed by atoms with Gasteiger partial charge in [0.1, 0.15) is 0 Å². The summed E-state index contributed by atoms with van der Waals surface area (Å²) in [6, 6.07) is 36.8. The molecule has 464 valence electrons. The molecule has 0 amide bonds. The van der Waals surface area contributed by atoms with Gasteiger partial charge in [0.2, 0.25) is 0 Å². The first-order valence-corrected chi connectivity index (χ1v) is 33.4. The maximum Gasteiger partial charge on any atom is 0.0995 e. The van der Waals surface area contributed by atoms with Gasteiger partial charge in [-0.2, -0.15) is 0 Å². The van der Waals surface area contributed by atoms with Crippen molar-refractivity contribution in [1.29, 1.82) is 0 Å². The highest BCUT2D eigenvalue weighted by Crippen LogP contribution is 2.44. The van der Waals surface area contributed by atoms with Crippen molar-refractivity contribution in [3.05, 3.63) is 240 Å². The zero-order valence-corrected chi connectivity index (χ0v) is 56.5. The number of aromatic amines is 2. The van der Waals surface area contributed by atoms with Crippen LogP contribution in [0.25, 0.3) is 152 Å². The molecular formula is C86H80N8. The lowest BCUT2D eigenvalue weighted by Gasteiger charge is -2.16. The minimum Gasteiger partial charge on any atom is -0.354 e. The van der Waals surface area contributed by atoms with Crippen LogP contribution in [0.5, 0.6) is 0 Å². The second kappa shape index (κ2) is 24.2. The van der Waals surface area contributed by atoms with E-state index in [-0.39, 0.29) is 5.92 Å². The fraction of sp³-hybridized carbons (Fsp3) is 0.209. The number of pyridine rings is 2. The van der Waals surface area contributed by atoms with Crippen LogP contribution in [-0.4, -0.2) is 34.9 Å². The number of allylic oxidation sites excluding steroid dienone is 13. The Morgan fingerprint density at radius 2 is 1.34 bits per heavy atom. The zero-order chi connectivity index (χ0) is 65.5. The van der Waals surface area contributed by atoms with Crippen molar-refractivity contribution in [1.82, 2.24) is 34.9 Å². The molecule has 0 saturated heterocycles. The lowest BCUT2D eigenvalue weighted by molar-refractivity contribution is 0.886. The van der Waals surface area contributed by atoms with E-state index in [0.717, 1.165) is 228 Å². The molecule has 9 heterocycles. The van der Waals surface area contributed by atoms with E-state index in [1.54, 1.807) is 0 Å². The monoisotopic (exact) mass is 1220 g/mol. The fourth-order valence-corrected chi connectivity index (χ4v) is 14.7. The highest BCUT2D eigenvalue weighted by Gasteiger charge is 2.29. The molecule has 94 heavy (non-hydrogen) atoms. The summed E-state index contributed by atoms with van der Waals surface area (Å²) in [7, 11) is 0. The molecular weight excluding hydrogens is 1150 g/mol. The van der Waals surface area contributed by atoms with Gasteiger partial charge in [0.25, 0.3) is 0 Å². The van der Waals surface area contributed by atoms with Gasteiger partial charge in [0.15, 0.2) is 0 Å². The Balaban J connectivity index is 0.00000186. The van der Waals surface area contributed by atoms with E-state index in [1.807, 2.05) is 6.08 Å². The molecule has 8 heteroatoms. The number of aryl methyl sites for hydroxylation is 3. The van der Waals surface area contributed by atoms with Gasteiger partial charge in [0, 0.05) is 82.4 Å². The lowest BCUT2D eigenvalue weighted by Crippen LogP contribution is -2.25. The molecule has 1 atom stereocenters. The highest BCUT2D eigenvalue weighted by atomic mass is 14.9. The number of para-hydroxylation sites is 2. The number of H-pyrrole nitrogens is 2. The molecule has 0 spiro atoms. The number of fused-ring (bicyclic) bond motifs is 17. The van der Waals surface area contributed by atoms with Crippen molar-refractivity contribution >= 4 is 129 Å². The predicted octanol–water partition coefficient (Wildman–Crippen LogP) is 20.1. The summed E-state index contributed by atoms with van der Waals surface area (Å²) < 4.78 is 0. The maximum atomic E-state index is 5.91. The van der Waals surface area contributed by atoms with E-state index < -0.39 is 0 Å². The van der Waals surface area contributed by atoms with E-state index in [9.17, 15) is 0 Å². The molecule has 4 aliphatic rings. The smallest absolute Gasteiger partial charge is 0.0995 e. The molecule has 6 aromatic heterocycles. The molecule has 8 nitrogen and oxygen atoms in total. The topological polar surface area (TPSA) is 108 Å². The molecule has 11 aromatic rings. The number of hydrogen-bond acceptors (Lipinski definition) is 6. The van der Waals surface area contributed by atoms with Gasteiger partial charge >= 0.3 is 0 Å². The van der Waals surface area contributed by atoms with Crippen molar-refractivity contribution in [2.24, 2.45) is 10.9 Å². The van der Waals surface area contributed by atoms with E-state index >= 15 is 0 Å². The van der Waals surface area contributed by atoms with Gasteiger partial charge < -0.3 is 9.97 Å². The largest absolute Gasteiger partial charge is 0.354 e. The minimum atomic E-state index is -0.0506. The van der Waals surface area contributed by atoms with E-state index in [1.165, 1.54) is 18.4 Å². The van der Waals surface area contributed by atoms with Crippen LogP contribution in [0.15, 0.2) is 168 Å². The number of aromatic nitrogens is 7. The SMILES string of the molecule is C=Cc1c2[nH]c(c1C)C(/C(/C=C\C)=C/CC)=C1\N=c3c(cccc3=C1C)-c1ccc3c(n1)c(C)c(c1nc4c5ccc(=C)c6c7nc(c(-c8ccccc8)c8[nH]c9c(cccc9c9ccc(c(n9)c5C)c4nc13)c8C)C(C)=C7C=C(C)CC=6)/C=C\C(C)/C2=C/C.CCCC. The van der Waals surface area contributed by atoms with Crippen molar-refractivity contribution < 1.29 is 0 Å². The first-order valence-electron chi connectivity index (χ1n) is 33.4. The molecule has 15 rings (SSSR count). The van der Waals surface area contributed by atoms with E-state index in [2.05, 4.69) is 258 Å². The van der Waals surface area contributed by atoms with Crippen LogP contribution in [0, 0.1) is 33.6 Å². The first kappa shape index (κ1) is 61.1. The Kier molecular flexibility index (Phi) is 15.7. The lowest BCUT2D eigenvalue weighted by atomic mass is 9.91. The van der Waals surface area contributed by atoms with E-state index in [4.69, 9.17) is 36.5 Å². The average Bonchev–Trinajstić information content (AvgIpc) is 0.883. The summed E-state index contributed by atoms with van der Waals surface area (Å²) in [5.41, 5.74) is 30.8. The predicted molar refractivity (Wildman–Crippen MR) is 402 cm³/mol. The second-order valence-corrected chi connectivity index (χ2v) is 25.7. The van der Waals surface area contributed by atoms with Crippen molar-refractivity contribution in [3.8, 4) is 22.4 Å². The Bertz CT molecular complexity index is 5790. The molecule has 14 bridgehead atoms. The van der Waals surface area contributed by atoms with Crippen LogP contribution in [0.3, 0.4) is 0 Å². The van der Waals surface area contributed by atoms with Gasteiger partial charge in [-0.05, 0) is 155 Å². The Labute approximate surface area is 550 Å². The number of nitrogens with one attached hydrogen (secondary N) is 2.